The molecule has 0 amide bonds. The van der Waals surface area contributed by atoms with Crippen molar-refractivity contribution in [1.82, 2.24) is 14.5 Å². The van der Waals surface area contributed by atoms with Gasteiger partial charge in [-0.1, -0.05) is 24.3 Å². The van der Waals surface area contributed by atoms with E-state index in [1.807, 2.05) is 28.8 Å². The number of hydrogen-bond donors (Lipinski definition) is 2. The first kappa shape index (κ1) is 19.5. The Morgan fingerprint density at radius 1 is 0.933 bits per heavy atom. The molecule has 2 fully saturated rings. The molecule has 1 aromatic heterocycles. The number of piperidine rings is 1. The zero-order valence-corrected chi connectivity index (χ0v) is 17.1. The van der Waals surface area contributed by atoms with Gasteiger partial charge in [-0.15, -0.1) is 0 Å². The predicted molar refractivity (Wildman–Crippen MR) is 115 cm³/mol. The third kappa shape index (κ3) is 3.48. The second-order valence-corrected chi connectivity index (χ2v) is 8.85. The Hall–Kier alpha value is -2.44. The summed E-state index contributed by atoms with van der Waals surface area (Å²) in [5.41, 5.74) is 1.84. The van der Waals surface area contributed by atoms with Crippen LogP contribution in [0.25, 0.3) is 11.0 Å². The van der Waals surface area contributed by atoms with Crippen molar-refractivity contribution in [3.05, 3.63) is 70.4 Å². The standard InChI is InChI=1S/C24H28FN3O2/c25-18-7-5-17(6-8-18)24(30)13-9-19(10-14-24)27-15-11-20(12-16-27)28-22-4-2-1-3-21(22)26-23(28)29/h1-8,19-20,30H,9-16H2,(H,26,29). The van der Waals surface area contributed by atoms with Crippen molar-refractivity contribution < 1.29 is 9.50 Å². The summed E-state index contributed by atoms with van der Waals surface area (Å²) >= 11 is 0. The molecule has 2 aromatic carbocycles. The summed E-state index contributed by atoms with van der Waals surface area (Å²) in [4.78, 5) is 18.0. The van der Waals surface area contributed by atoms with Crippen molar-refractivity contribution in [3.63, 3.8) is 0 Å². The number of rotatable bonds is 3. The van der Waals surface area contributed by atoms with Gasteiger partial charge in [-0.05, 0) is 68.4 Å². The van der Waals surface area contributed by atoms with E-state index in [1.165, 1.54) is 12.1 Å². The van der Waals surface area contributed by atoms with Crippen LogP contribution in [0.2, 0.25) is 0 Å². The Bertz CT molecular complexity index is 1070. The zero-order valence-electron chi connectivity index (χ0n) is 17.1. The summed E-state index contributed by atoms with van der Waals surface area (Å²) in [7, 11) is 0. The normalized spacial score (nSPS) is 26.3. The first-order valence-corrected chi connectivity index (χ1v) is 11.0. The quantitative estimate of drug-likeness (QED) is 0.689. The highest BCUT2D eigenvalue weighted by atomic mass is 19.1. The van der Waals surface area contributed by atoms with E-state index in [9.17, 15) is 14.3 Å². The average molecular weight is 410 g/mol. The molecule has 158 valence electrons. The van der Waals surface area contributed by atoms with Crippen molar-refractivity contribution in [2.45, 2.75) is 56.2 Å². The lowest BCUT2D eigenvalue weighted by Crippen LogP contribution is -2.46. The van der Waals surface area contributed by atoms with E-state index >= 15 is 0 Å². The molecule has 0 spiro atoms. The number of fused-ring (bicyclic) bond motifs is 1. The molecule has 0 atom stereocenters. The van der Waals surface area contributed by atoms with E-state index in [-0.39, 0.29) is 17.5 Å². The minimum atomic E-state index is -0.847. The van der Waals surface area contributed by atoms with Gasteiger partial charge in [0.05, 0.1) is 16.6 Å². The zero-order chi connectivity index (χ0) is 20.7. The topological polar surface area (TPSA) is 61.3 Å². The van der Waals surface area contributed by atoms with Gasteiger partial charge in [0.2, 0.25) is 0 Å². The molecule has 2 N–H and O–H groups in total. The molecule has 0 radical (unpaired) electrons. The fourth-order valence-corrected chi connectivity index (χ4v) is 5.44. The largest absolute Gasteiger partial charge is 0.385 e. The van der Waals surface area contributed by atoms with Crippen LogP contribution in [0, 0.1) is 5.82 Å². The third-order valence-electron chi connectivity index (χ3n) is 7.17. The Morgan fingerprint density at radius 3 is 2.30 bits per heavy atom. The smallest absolute Gasteiger partial charge is 0.326 e. The van der Waals surface area contributed by atoms with Gasteiger partial charge in [0.25, 0.3) is 0 Å². The van der Waals surface area contributed by atoms with Crippen molar-refractivity contribution in [2.24, 2.45) is 0 Å². The SMILES string of the molecule is O=c1[nH]c2ccccc2n1C1CCN(C2CCC(O)(c3ccc(F)cc3)CC2)CC1. The molecule has 2 aliphatic rings. The molecule has 1 aliphatic heterocycles. The lowest BCUT2D eigenvalue weighted by atomic mass is 9.77. The van der Waals surface area contributed by atoms with Crippen LogP contribution in [0.5, 0.6) is 0 Å². The number of benzene rings is 2. The van der Waals surface area contributed by atoms with E-state index in [0.717, 1.165) is 55.4 Å². The maximum atomic E-state index is 13.2. The number of hydrogen-bond acceptors (Lipinski definition) is 3. The maximum Gasteiger partial charge on any atom is 0.326 e. The molecule has 0 unspecified atom stereocenters. The fraction of sp³-hybridized carbons (Fsp3) is 0.458. The molecule has 5 nitrogen and oxygen atoms in total. The van der Waals surface area contributed by atoms with Gasteiger partial charge in [-0.3, -0.25) is 4.57 Å². The van der Waals surface area contributed by atoms with Crippen LogP contribution in [-0.4, -0.2) is 38.7 Å². The summed E-state index contributed by atoms with van der Waals surface area (Å²) < 4.78 is 15.1. The molecule has 3 aromatic rings. The summed E-state index contributed by atoms with van der Waals surface area (Å²) in [5, 5.41) is 11.1. The van der Waals surface area contributed by atoms with E-state index in [0.29, 0.717) is 18.9 Å². The molecular formula is C24H28FN3O2. The van der Waals surface area contributed by atoms with Crippen LogP contribution < -0.4 is 5.69 Å². The molecule has 0 bridgehead atoms. The number of nitrogens with one attached hydrogen (secondary N) is 1. The number of aliphatic hydroxyl groups is 1. The minimum Gasteiger partial charge on any atom is -0.385 e. The second-order valence-electron chi connectivity index (χ2n) is 8.85. The highest BCUT2D eigenvalue weighted by Crippen LogP contribution is 2.39. The number of likely N-dealkylation sites (tertiary alicyclic amines) is 1. The van der Waals surface area contributed by atoms with Crippen molar-refractivity contribution >= 4 is 11.0 Å². The highest BCUT2D eigenvalue weighted by Gasteiger charge is 2.37. The molecule has 5 rings (SSSR count). The van der Waals surface area contributed by atoms with Crippen LogP contribution in [0.3, 0.4) is 0 Å². The van der Waals surface area contributed by atoms with Gasteiger partial charge in [0, 0.05) is 25.2 Å². The third-order valence-corrected chi connectivity index (χ3v) is 7.17. The summed E-state index contributed by atoms with van der Waals surface area (Å²) in [6.07, 6.45) is 5.19. The van der Waals surface area contributed by atoms with Gasteiger partial charge in [0.15, 0.2) is 0 Å². The van der Waals surface area contributed by atoms with E-state index in [4.69, 9.17) is 0 Å². The van der Waals surface area contributed by atoms with Gasteiger partial charge >= 0.3 is 5.69 Å². The molecule has 1 aliphatic carbocycles. The van der Waals surface area contributed by atoms with Gasteiger partial charge in [0.1, 0.15) is 5.82 Å². The van der Waals surface area contributed by atoms with Crippen molar-refractivity contribution in [3.8, 4) is 0 Å². The monoisotopic (exact) mass is 409 g/mol. The predicted octanol–water partition coefficient (Wildman–Crippen LogP) is 3.94. The van der Waals surface area contributed by atoms with Gasteiger partial charge < -0.3 is 15.0 Å². The Balaban J connectivity index is 1.22. The van der Waals surface area contributed by atoms with Gasteiger partial charge in [-0.25, -0.2) is 9.18 Å². The lowest BCUT2D eigenvalue weighted by molar-refractivity contribution is -0.0292. The Morgan fingerprint density at radius 2 is 1.60 bits per heavy atom. The number of para-hydroxylation sites is 2. The highest BCUT2D eigenvalue weighted by molar-refractivity contribution is 5.75. The number of imidazole rings is 1. The average Bonchev–Trinajstić information content (AvgIpc) is 3.10. The first-order chi connectivity index (χ1) is 14.5. The first-order valence-electron chi connectivity index (χ1n) is 11.0. The second kappa shape index (κ2) is 7.67. The number of aromatic amines is 1. The van der Waals surface area contributed by atoms with Crippen LogP contribution >= 0.6 is 0 Å². The molecule has 1 saturated carbocycles. The van der Waals surface area contributed by atoms with E-state index < -0.39 is 5.60 Å². The van der Waals surface area contributed by atoms with Crippen LogP contribution in [0.1, 0.15) is 50.1 Å². The maximum absolute atomic E-state index is 13.2. The molecule has 2 heterocycles. The minimum absolute atomic E-state index is 0.0170. The number of nitrogens with zero attached hydrogens (tertiary/aromatic N) is 2. The summed E-state index contributed by atoms with van der Waals surface area (Å²) in [5.74, 6) is -0.270. The van der Waals surface area contributed by atoms with E-state index in [1.54, 1.807) is 12.1 Å². The molecular weight excluding hydrogens is 381 g/mol. The van der Waals surface area contributed by atoms with Crippen LogP contribution in [0.4, 0.5) is 4.39 Å². The summed E-state index contributed by atoms with van der Waals surface area (Å²) in [6, 6.07) is 14.8. The van der Waals surface area contributed by atoms with Crippen LogP contribution in [0.15, 0.2) is 53.3 Å². The Kier molecular flexibility index (Phi) is 4.99. The van der Waals surface area contributed by atoms with Crippen molar-refractivity contribution in [1.29, 1.82) is 0 Å². The number of halogens is 1. The van der Waals surface area contributed by atoms with Gasteiger partial charge in [-0.2, -0.15) is 0 Å². The summed E-state index contributed by atoms with van der Waals surface area (Å²) in [6.45, 7) is 1.94. The molecule has 1 saturated heterocycles. The van der Waals surface area contributed by atoms with E-state index in [2.05, 4.69) is 9.88 Å². The molecule has 30 heavy (non-hydrogen) atoms. The van der Waals surface area contributed by atoms with Crippen LogP contribution in [-0.2, 0) is 5.60 Å². The number of aromatic nitrogens is 2. The molecule has 6 heteroatoms. The number of H-pyrrole nitrogens is 1. The Labute approximate surface area is 175 Å². The fourth-order valence-electron chi connectivity index (χ4n) is 5.44. The lowest BCUT2D eigenvalue weighted by Gasteiger charge is -2.43. The van der Waals surface area contributed by atoms with Crippen molar-refractivity contribution in [2.75, 3.05) is 13.1 Å².